The van der Waals surface area contributed by atoms with Crippen molar-refractivity contribution in [3.63, 3.8) is 0 Å². The maximum atomic E-state index is 12.7. The van der Waals surface area contributed by atoms with Gasteiger partial charge in [0.25, 0.3) is 0 Å². The van der Waals surface area contributed by atoms with Gasteiger partial charge in [-0.05, 0) is 61.0 Å². The summed E-state index contributed by atoms with van der Waals surface area (Å²) in [5.41, 5.74) is 0.288. The number of hydrogen-bond donors (Lipinski definition) is 2. The van der Waals surface area contributed by atoms with E-state index in [9.17, 15) is 13.2 Å². The molecule has 1 aromatic rings. The molecule has 2 N–H and O–H groups in total. The summed E-state index contributed by atoms with van der Waals surface area (Å²) in [7, 11) is -3.50. The van der Waals surface area contributed by atoms with Crippen LogP contribution in [0.4, 0.5) is 0 Å². The molecule has 0 bridgehead atoms. The Morgan fingerprint density at radius 2 is 1.96 bits per heavy atom. The molecule has 2 fully saturated rings. The van der Waals surface area contributed by atoms with Crippen molar-refractivity contribution in [3.8, 4) is 0 Å². The van der Waals surface area contributed by atoms with Gasteiger partial charge < -0.3 is 5.11 Å². The summed E-state index contributed by atoms with van der Waals surface area (Å²) in [5.74, 6) is 0.646. The lowest BCUT2D eigenvalue weighted by atomic mass is 9.87. The molecule has 2 saturated carbocycles. The van der Waals surface area contributed by atoms with Gasteiger partial charge >= 0.3 is 5.97 Å². The van der Waals surface area contributed by atoms with Crippen LogP contribution in [0, 0.1) is 23.2 Å². The molecule has 0 radical (unpaired) electrons. The van der Waals surface area contributed by atoms with E-state index in [2.05, 4.69) is 24.6 Å². The number of unbranched alkanes of at least 4 members (excludes halogenated alkanes) is 1. The lowest BCUT2D eigenvalue weighted by Crippen LogP contribution is -2.40. The Morgan fingerprint density at radius 1 is 1.26 bits per heavy atom. The Labute approximate surface area is 161 Å². The first-order valence-electron chi connectivity index (χ1n) is 9.67. The maximum Gasteiger partial charge on any atom is 0.303 e. The number of fused-ring (bicyclic) bond motifs is 1. The lowest BCUT2D eigenvalue weighted by molar-refractivity contribution is -0.137. The van der Waals surface area contributed by atoms with E-state index in [0.29, 0.717) is 29.1 Å². The van der Waals surface area contributed by atoms with Gasteiger partial charge in [0, 0.05) is 12.5 Å². The van der Waals surface area contributed by atoms with Gasteiger partial charge in [0.2, 0.25) is 10.0 Å². The topological polar surface area (TPSA) is 83.5 Å². The number of carboxylic acids is 1. The van der Waals surface area contributed by atoms with Crippen LogP contribution < -0.4 is 4.72 Å². The summed E-state index contributed by atoms with van der Waals surface area (Å²) in [6.45, 7) is 4.54. The summed E-state index contributed by atoms with van der Waals surface area (Å²) in [4.78, 5) is 10.9. The minimum absolute atomic E-state index is 0.0399. The van der Waals surface area contributed by atoms with E-state index in [-0.39, 0.29) is 17.9 Å². The Hall–Kier alpha value is -1.66. The third-order valence-corrected chi connectivity index (χ3v) is 7.83. The van der Waals surface area contributed by atoms with E-state index in [1.807, 2.05) is 12.1 Å². The van der Waals surface area contributed by atoms with Crippen LogP contribution in [0.15, 0.2) is 47.4 Å². The van der Waals surface area contributed by atoms with Crippen molar-refractivity contribution in [1.29, 1.82) is 0 Å². The van der Waals surface area contributed by atoms with Crippen molar-refractivity contribution in [1.82, 2.24) is 4.72 Å². The highest BCUT2D eigenvalue weighted by molar-refractivity contribution is 7.89. The van der Waals surface area contributed by atoms with E-state index in [1.54, 1.807) is 24.3 Å². The van der Waals surface area contributed by atoms with E-state index >= 15 is 0 Å². The van der Waals surface area contributed by atoms with E-state index in [0.717, 1.165) is 19.3 Å². The number of rotatable bonds is 9. The SMILES string of the molecule is CC1(C)[C@@H]2[C@H](CC=CCCCC(=O)O)[C@@H](NS(=O)(=O)c3ccccc3)C[C@@H]21. The molecule has 3 rings (SSSR count). The number of benzene rings is 1. The molecule has 1 aromatic carbocycles. The fraction of sp³-hybridized carbons (Fsp3) is 0.571. The molecule has 2 aliphatic carbocycles. The van der Waals surface area contributed by atoms with Gasteiger partial charge in [0.05, 0.1) is 4.90 Å². The van der Waals surface area contributed by atoms with Crippen molar-refractivity contribution in [2.75, 3.05) is 0 Å². The minimum Gasteiger partial charge on any atom is -0.481 e. The number of sulfonamides is 1. The van der Waals surface area contributed by atoms with Crippen LogP contribution in [0.1, 0.15) is 46.0 Å². The van der Waals surface area contributed by atoms with Crippen LogP contribution in [0.5, 0.6) is 0 Å². The molecule has 6 heteroatoms. The van der Waals surface area contributed by atoms with Gasteiger partial charge in [-0.25, -0.2) is 13.1 Å². The van der Waals surface area contributed by atoms with Crippen LogP contribution in [0.25, 0.3) is 0 Å². The molecule has 0 aliphatic heterocycles. The van der Waals surface area contributed by atoms with Gasteiger partial charge in [-0.3, -0.25) is 4.79 Å². The minimum atomic E-state index is -3.50. The molecule has 5 nitrogen and oxygen atoms in total. The largest absolute Gasteiger partial charge is 0.481 e. The summed E-state index contributed by atoms with van der Waals surface area (Å²) < 4.78 is 28.4. The van der Waals surface area contributed by atoms with Crippen LogP contribution in [-0.4, -0.2) is 25.5 Å². The van der Waals surface area contributed by atoms with Gasteiger partial charge in [-0.15, -0.1) is 0 Å². The summed E-state index contributed by atoms with van der Waals surface area (Å²) >= 11 is 0. The number of carboxylic acid groups (broad SMARTS) is 1. The zero-order valence-corrected chi connectivity index (χ0v) is 16.8. The summed E-state index contributed by atoms with van der Waals surface area (Å²) in [6.07, 6.45) is 7.43. The first kappa shape index (κ1) is 20.1. The number of hydrogen-bond acceptors (Lipinski definition) is 3. The van der Waals surface area contributed by atoms with Crippen molar-refractivity contribution < 1.29 is 18.3 Å². The van der Waals surface area contributed by atoms with Gasteiger partial charge in [0.15, 0.2) is 0 Å². The van der Waals surface area contributed by atoms with Crippen LogP contribution in [-0.2, 0) is 14.8 Å². The van der Waals surface area contributed by atoms with Crippen molar-refractivity contribution in [2.45, 2.75) is 56.9 Å². The van der Waals surface area contributed by atoms with Crippen molar-refractivity contribution in [2.24, 2.45) is 23.2 Å². The van der Waals surface area contributed by atoms with E-state index in [1.165, 1.54) is 0 Å². The van der Waals surface area contributed by atoms with Crippen molar-refractivity contribution in [3.05, 3.63) is 42.5 Å². The average Bonchev–Trinajstić information content (AvgIpc) is 2.95. The lowest BCUT2D eigenvalue weighted by Gasteiger charge is -2.26. The highest BCUT2D eigenvalue weighted by atomic mass is 32.2. The first-order valence-corrected chi connectivity index (χ1v) is 11.2. The van der Waals surface area contributed by atoms with E-state index < -0.39 is 16.0 Å². The van der Waals surface area contributed by atoms with E-state index in [4.69, 9.17) is 5.11 Å². The third-order valence-electron chi connectivity index (χ3n) is 6.32. The number of carbonyl (C=O) groups is 1. The Kier molecular flexibility index (Phi) is 5.77. The molecule has 148 valence electrons. The highest BCUT2D eigenvalue weighted by Gasteiger charge is 2.66. The van der Waals surface area contributed by atoms with Crippen LogP contribution in [0.2, 0.25) is 0 Å². The Bertz CT molecular complexity index is 801. The summed E-state index contributed by atoms with van der Waals surface area (Å²) in [6, 6.07) is 8.49. The number of nitrogens with one attached hydrogen (secondary N) is 1. The quantitative estimate of drug-likeness (QED) is 0.495. The Balaban J connectivity index is 1.63. The van der Waals surface area contributed by atoms with Gasteiger partial charge in [0.1, 0.15) is 0 Å². The maximum absolute atomic E-state index is 12.7. The Morgan fingerprint density at radius 3 is 2.63 bits per heavy atom. The molecule has 2 aliphatic rings. The normalized spacial score (nSPS) is 29.0. The zero-order chi connectivity index (χ0) is 19.7. The molecule has 0 unspecified atom stereocenters. The van der Waals surface area contributed by atoms with Gasteiger partial charge in [-0.2, -0.15) is 0 Å². The molecule has 0 aromatic heterocycles. The summed E-state index contributed by atoms with van der Waals surface area (Å²) in [5, 5.41) is 8.69. The fourth-order valence-electron chi connectivity index (χ4n) is 4.84. The van der Waals surface area contributed by atoms with Gasteiger partial charge in [-0.1, -0.05) is 44.2 Å². The van der Waals surface area contributed by atoms with Crippen molar-refractivity contribution >= 4 is 16.0 Å². The molecule has 0 heterocycles. The predicted octanol–water partition coefficient (Wildman–Crippen LogP) is 3.83. The molecule has 0 amide bonds. The second-order valence-corrected chi connectivity index (χ2v) is 10.1. The zero-order valence-electron chi connectivity index (χ0n) is 16.0. The third kappa shape index (κ3) is 4.43. The second kappa shape index (κ2) is 7.76. The molecular formula is C21H29NO4S. The molecular weight excluding hydrogens is 362 g/mol. The second-order valence-electron chi connectivity index (χ2n) is 8.39. The molecule has 0 spiro atoms. The molecule has 0 saturated heterocycles. The monoisotopic (exact) mass is 391 g/mol. The highest BCUT2D eigenvalue weighted by Crippen LogP contribution is 2.69. The van der Waals surface area contributed by atoms with Crippen LogP contribution in [0.3, 0.4) is 0 Å². The number of aliphatic carboxylic acids is 1. The smallest absolute Gasteiger partial charge is 0.303 e. The number of allylic oxidation sites excluding steroid dienone is 2. The first-order chi connectivity index (χ1) is 12.7. The standard InChI is InChI=1S/C21H29NO4S/c1-21(2)17-14-18(22-27(25,26)15-10-6-5-7-11-15)16(20(17)21)12-8-3-4-9-13-19(23)24/h3,5-8,10-11,16-18,20,22H,4,9,12-14H2,1-2H3,(H,23,24)/t16-,17+,18+,20-/m1/s1. The predicted molar refractivity (Wildman–Crippen MR) is 105 cm³/mol. The average molecular weight is 392 g/mol. The fourth-order valence-corrected chi connectivity index (χ4v) is 6.16. The van der Waals surface area contributed by atoms with Crippen LogP contribution >= 0.6 is 0 Å². The molecule has 27 heavy (non-hydrogen) atoms. The molecule has 4 atom stereocenters.